The third-order valence-electron chi connectivity index (χ3n) is 2.18. The second kappa shape index (κ2) is 3.93. The van der Waals surface area contributed by atoms with Crippen molar-refractivity contribution in [2.75, 3.05) is 0 Å². The zero-order valence-corrected chi connectivity index (χ0v) is 9.25. The van der Waals surface area contributed by atoms with Crippen LogP contribution in [0.15, 0.2) is 6.07 Å². The number of hydrogen-bond acceptors (Lipinski definition) is 1. The molecule has 0 spiro atoms. The molecule has 0 radical (unpaired) electrons. The number of alkyl halides is 3. The zero-order valence-electron chi connectivity index (χ0n) is 8.50. The van der Waals surface area contributed by atoms with Crippen LogP contribution in [0.1, 0.15) is 16.7 Å². The minimum atomic E-state index is -4.67. The molecule has 1 aromatic rings. The molecule has 0 saturated heterocycles. The molecule has 0 fully saturated rings. The van der Waals surface area contributed by atoms with Gasteiger partial charge in [-0.3, -0.25) is 0 Å². The van der Waals surface area contributed by atoms with E-state index in [1.807, 2.05) is 0 Å². The second-order valence-electron chi connectivity index (χ2n) is 3.30. The van der Waals surface area contributed by atoms with Crippen molar-refractivity contribution in [2.24, 2.45) is 0 Å². The molecule has 5 heteroatoms. The van der Waals surface area contributed by atoms with Gasteiger partial charge in [-0.15, -0.1) is 13.2 Å². The van der Waals surface area contributed by atoms with Crippen molar-refractivity contribution in [2.45, 2.75) is 27.1 Å². The van der Waals surface area contributed by atoms with Crippen LogP contribution in [0.2, 0.25) is 5.02 Å². The van der Waals surface area contributed by atoms with Crippen LogP contribution in [0.25, 0.3) is 0 Å². The smallest absolute Gasteiger partial charge is 0.405 e. The zero-order chi connectivity index (χ0) is 11.8. The highest BCUT2D eigenvalue weighted by Crippen LogP contribution is 2.33. The molecule has 0 N–H and O–H groups in total. The third kappa shape index (κ3) is 2.78. The Balaban J connectivity index is 3.21. The lowest BCUT2D eigenvalue weighted by atomic mass is 10.1. The van der Waals surface area contributed by atoms with Gasteiger partial charge in [-0.05, 0) is 43.5 Å². The van der Waals surface area contributed by atoms with E-state index in [1.165, 1.54) is 6.07 Å². The summed E-state index contributed by atoms with van der Waals surface area (Å²) >= 11 is 5.89. The largest absolute Gasteiger partial charge is 0.573 e. The van der Waals surface area contributed by atoms with Gasteiger partial charge in [0.15, 0.2) is 0 Å². The number of halogens is 4. The van der Waals surface area contributed by atoms with E-state index in [-0.39, 0.29) is 5.75 Å². The standard InChI is InChI=1S/C10H10ClF3O/c1-5-4-8(15-10(12,13)14)6(2)7(3)9(5)11/h4H,1-3H3. The molecule has 84 valence electrons. The lowest BCUT2D eigenvalue weighted by Crippen LogP contribution is -2.18. The van der Waals surface area contributed by atoms with Gasteiger partial charge in [-0.2, -0.15) is 0 Å². The summed E-state index contributed by atoms with van der Waals surface area (Å²) in [7, 11) is 0. The van der Waals surface area contributed by atoms with Crippen LogP contribution in [0.3, 0.4) is 0 Å². The summed E-state index contributed by atoms with van der Waals surface area (Å²) in [5, 5.41) is 0.474. The van der Waals surface area contributed by atoms with Gasteiger partial charge in [0, 0.05) is 5.02 Å². The van der Waals surface area contributed by atoms with Gasteiger partial charge in [0.1, 0.15) is 5.75 Å². The van der Waals surface area contributed by atoms with Crippen molar-refractivity contribution in [1.29, 1.82) is 0 Å². The summed E-state index contributed by atoms with van der Waals surface area (Å²) in [6, 6.07) is 1.29. The van der Waals surface area contributed by atoms with Gasteiger partial charge in [-0.25, -0.2) is 0 Å². The van der Waals surface area contributed by atoms with E-state index in [9.17, 15) is 13.2 Å². The molecule has 0 aliphatic carbocycles. The Morgan fingerprint density at radius 1 is 1.13 bits per heavy atom. The van der Waals surface area contributed by atoms with E-state index < -0.39 is 6.36 Å². The van der Waals surface area contributed by atoms with Crippen molar-refractivity contribution >= 4 is 11.6 Å². The minimum Gasteiger partial charge on any atom is -0.405 e. The molecular formula is C10H10ClF3O. The Morgan fingerprint density at radius 3 is 2.13 bits per heavy atom. The molecule has 0 aromatic heterocycles. The lowest BCUT2D eigenvalue weighted by molar-refractivity contribution is -0.274. The van der Waals surface area contributed by atoms with Gasteiger partial charge in [0.2, 0.25) is 0 Å². The van der Waals surface area contributed by atoms with Crippen LogP contribution in [-0.4, -0.2) is 6.36 Å². The molecule has 0 aliphatic rings. The fourth-order valence-electron chi connectivity index (χ4n) is 1.24. The fourth-order valence-corrected chi connectivity index (χ4v) is 1.44. The molecule has 0 atom stereocenters. The van der Waals surface area contributed by atoms with Gasteiger partial charge >= 0.3 is 6.36 Å². The summed E-state index contributed by atoms with van der Waals surface area (Å²) < 4.78 is 40.0. The van der Waals surface area contributed by atoms with Gasteiger partial charge < -0.3 is 4.74 Å². The monoisotopic (exact) mass is 238 g/mol. The first-order chi connectivity index (χ1) is 6.72. The highest BCUT2D eigenvalue weighted by atomic mass is 35.5. The first-order valence-corrected chi connectivity index (χ1v) is 4.62. The number of aryl methyl sites for hydroxylation is 1. The average Bonchev–Trinajstić information content (AvgIpc) is 2.08. The molecule has 0 unspecified atom stereocenters. The van der Waals surface area contributed by atoms with Crippen LogP contribution in [0.4, 0.5) is 13.2 Å². The van der Waals surface area contributed by atoms with E-state index in [0.717, 1.165) is 0 Å². The summed E-state index contributed by atoms with van der Waals surface area (Å²) in [6.07, 6.45) is -4.67. The highest BCUT2D eigenvalue weighted by Gasteiger charge is 2.32. The summed E-state index contributed by atoms with van der Waals surface area (Å²) in [4.78, 5) is 0. The van der Waals surface area contributed by atoms with Gasteiger partial charge in [0.25, 0.3) is 0 Å². The predicted octanol–water partition coefficient (Wildman–Crippen LogP) is 4.16. The van der Waals surface area contributed by atoms with Gasteiger partial charge in [0.05, 0.1) is 0 Å². The summed E-state index contributed by atoms with van der Waals surface area (Å²) in [5.41, 5.74) is 1.58. The van der Waals surface area contributed by atoms with Crippen LogP contribution >= 0.6 is 11.6 Å². The molecule has 1 nitrogen and oxygen atoms in total. The maximum Gasteiger partial charge on any atom is 0.573 e. The quantitative estimate of drug-likeness (QED) is 0.714. The number of rotatable bonds is 1. The normalized spacial score (nSPS) is 11.7. The first kappa shape index (κ1) is 12.2. The molecule has 0 aliphatic heterocycles. The molecule has 0 bridgehead atoms. The molecule has 1 rings (SSSR count). The highest BCUT2D eigenvalue weighted by molar-refractivity contribution is 6.32. The SMILES string of the molecule is Cc1cc(OC(F)(F)F)c(C)c(C)c1Cl. The van der Waals surface area contributed by atoms with Crippen molar-refractivity contribution in [3.8, 4) is 5.75 Å². The maximum atomic E-state index is 12.0. The first-order valence-electron chi connectivity index (χ1n) is 4.24. The van der Waals surface area contributed by atoms with E-state index in [1.54, 1.807) is 20.8 Å². The van der Waals surface area contributed by atoms with Crippen molar-refractivity contribution in [1.82, 2.24) is 0 Å². The predicted molar refractivity (Wildman–Crippen MR) is 52.3 cm³/mol. The topological polar surface area (TPSA) is 9.23 Å². The van der Waals surface area contributed by atoms with Crippen molar-refractivity contribution < 1.29 is 17.9 Å². The van der Waals surface area contributed by atoms with Crippen LogP contribution < -0.4 is 4.74 Å². The minimum absolute atomic E-state index is 0.193. The fraction of sp³-hybridized carbons (Fsp3) is 0.400. The Hall–Kier alpha value is -0.900. The van der Waals surface area contributed by atoms with E-state index in [4.69, 9.17) is 11.6 Å². The van der Waals surface area contributed by atoms with E-state index in [0.29, 0.717) is 21.7 Å². The summed E-state index contributed by atoms with van der Waals surface area (Å²) in [5.74, 6) is -0.193. The lowest BCUT2D eigenvalue weighted by Gasteiger charge is -2.15. The Kier molecular flexibility index (Phi) is 3.19. The van der Waals surface area contributed by atoms with Crippen LogP contribution in [0, 0.1) is 20.8 Å². The van der Waals surface area contributed by atoms with Crippen molar-refractivity contribution in [3.63, 3.8) is 0 Å². The molecule has 0 heterocycles. The second-order valence-corrected chi connectivity index (χ2v) is 3.68. The number of benzene rings is 1. The van der Waals surface area contributed by atoms with Crippen LogP contribution in [-0.2, 0) is 0 Å². The van der Waals surface area contributed by atoms with Gasteiger partial charge in [-0.1, -0.05) is 11.6 Å². The Morgan fingerprint density at radius 2 is 1.67 bits per heavy atom. The Labute approximate surface area is 90.8 Å². The Bertz CT molecular complexity index is 385. The number of ether oxygens (including phenoxy) is 1. The molecule has 0 saturated carbocycles. The average molecular weight is 239 g/mol. The molecular weight excluding hydrogens is 229 g/mol. The van der Waals surface area contributed by atoms with Crippen molar-refractivity contribution in [3.05, 3.63) is 27.8 Å². The molecule has 1 aromatic carbocycles. The third-order valence-corrected chi connectivity index (χ3v) is 2.76. The molecule has 0 amide bonds. The summed E-state index contributed by atoms with van der Waals surface area (Å²) in [6.45, 7) is 4.84. The number of hydrogen-bond donors (Lipinski definition) is 0. The maximum absolute atomic E-state index is 12.0. The van der Waals surface area contributed by atoms with Crippen LogP contribution in [0.5, 0.6) is 5.75 Å². The molecule has 15 heavy (non-hydrogen) atoms. The van der Waals surface area contributed by atoms with E-state index >= 15 is 0 Å². The van der Waals surface area contributed by atoms with E-state index in [2.05, 4.69) is 4.74 Å².